The maximum Gasteiger partial charge on any atom is 0.282 e. The van der Waals surface area contributed by atoms with Crippen molar-refractivity contribution in [2.24, 2.45) is 0 Å². The minimum Gasteiger partial charge on any atom is -0.328 e. The number of ether oxygens (including phenoxy) is 3. The third kappa shape index (κ3) is 3.77. The molecule has 0 unspecified atom stereocenters. The fourth-order valence-corrected chi connectivity index (χ4v) is 1.73. The molecule has 0 aliphatic rings. The minimum atomic E-state index is -0.787. The standard InChI is InChI=1S/C9H22O3Si/c1-5-10-9(8(4)13,11-6-2)12-7-3/h8H,5-7H2,1-4,13H3/t8-/m0/s1. The second-order valence-corrected chi connectivity index (χ2v) is 4.79. The second kappa shape index (κ2) is 6.54. The maximum absolute atomic E-state index is 5.56. The molecule has 0 amide bonds. The molecule has 80 valence electrons. The largest absolute Gasteiger partial charge is 0.328 e. The van der Waals surface area contributed by atoms with Crippen LogP contribution in [0.5, 0.6) is 0 Å². The molecule has 0 aromatic heterocycles. The summed E-state index contributed by atoms with van der Waals surface area (Å²) in [5, 5.41) is 0. The molecule has 0 saturated heterocycles. The van der Waals surface area contributed by atoms with Gasteiger partial charge in [-0.15, -0.1) is 0 Å². The minimum absolute atomic E-state index is 0.326. The lowest BCUT2D eigenvalue weighted by atomic mass is 10.4. The highest BCUT2D eigenvalue weighted by atomic mass is 28.1. The first kappa shape index (κ1) is 13.1. The van der Waals surface area contributed by atoms with Gasteiger partial charge in [-0.3, -0.25) is 0 Å². The summed E-state index contributed by atoms with van der Waals surface area (Å²) in [4.78, 5) is 0. The molecular formula is C9H22O3Si. The first-order valence-corrected chi connectivity index (χ1v) is 6.20. The summed E-state index contributed by atoms with van der Waals surface area (Å²) in [5.74, 6) is -0.787. The zero-order chi connectivity index (χ0) is 10.3. The Bertz CT molecular complexity index is 111. The molecule has 3 nitrogen and oxygen atoms in total. The second-order valence-electron chi connectivity index (χ2n) is 3.06. The van der Waals surface area contributed by atoms with Crippen LogP contribution in [0.2, 0.25) is 5.54 Å². The van der Waals surface area contributed by atoms with Gasteiger partial charge in [-0.2, -0.15) is 0 Å². The van der Waals surface area contributed by atoms with Crippen molar-refractivity contribution < 1.29 is 14.2 Å². The van der Waals surface area contributed by atoms with E-state index in [1.807, 2.05) is 20.8 Å². The van der Waals surface area contributed by atoms with Crippen molar-refractivity contribution in [3.8, 4) is 0 Å². The molecule has 0 aliphatic carbocycles. The van der Waals surface area contributed by atoms with Gasteiger partial charge in [0.05, 0.1) is 0 Å². The van der Waals surface area contributed by atoms with E-state index in [-0.39, 0.29) is 0 Å². The first-order chi connectivity index (χ1) is 6.13. The van der Waals surface area contributed by atoms with Gasteiger partial charge in [0.15, 0.2) is 0 Å². The number of hydrogen-bond donors (Lipinski definition) is 0. The van der Waals surface area contributed by atoms with Gasteiger partial charge >= 0.3 is 0 Å². The average Bonchev–Trinajstić information content (AvgIpc) is 2.05. The molecule has 0 heterocycles. The monoisotopic (exact) mass is 206 g/mol. The summed E-state index contributed by atoms with van der Waals surface area (Å²) >= 11 is 0. The van der Waals surface area contributed by atoms with E-state index in [0.29, 0.717) is 25.4 Å². The normalized spacial score (nSPS) is 14.8. The molecule has 0 aromatic rings. The van der Waals surface area contributed by atoms with Gasteiger partial charge in [0.25, 0.3) is 5.97 Å². The van der Waals surface area contributed by atoms with E-state index in [1.165, 1.54) is 0 Å². The van der Waals surface area contributed by atoms with Gasteiger partial charge in [0.2, 0.25) is 0 Å². The molecule has 0 N–H and O–H groups in total. The van der Waals surface area contributed by atoms with Crippen LogP contribution in [-0.4, -0.2) is 36.0 Å². The van der Waals surface area contributed by atoms with Crippen LogP contribution >= 0.6 is 0 Å². The fourth-order valence-electron chi connectivity index (χ4n) is 1.23. The Morgan fingerprint density at radius 3 is 1.46 bits per heavy atom. The van der Waals surface area contributed by atoms with Crippen molar-refractivity contribution in [1.29, 1.82) is 0 Å². The van der Waals surface area contributed by atoms with Crippen LogP contribution in [0.3, 0.4) is 0 Å². The molecule has 1 atom stereocenters. The Morgan fingerprint density at radius 2 is 1.31 bits per heavy atom. The van der Waals surface area contributed by atoms with Gasteiger partial charge in [-0.25, -0.2) is 0 Å². The summed E-state index contributed by atoms with van der Waals surface area (Å²) in [6, 6.07) is 0. The van der Waals surface area contributed by atoms with Crippen LogP contribution < -0.4 is 0 Å². The number of hydrogen-bond acceptors (Lipinski definition) is 3. The van der Waals surface area contributed by atoms with E-state index in [2.05, 4.69) is 6.92 Å². The summed E-state index contributed by atoms with van der Waals surface area (Å²) in [5.41, 5.74) is 0.326. The summed E-state index contributed by atoms with van der Waals surface area (Å²) in [7, 11) is 0.994. The van der Waals surface area contributed by atoms with Gasteiger partial charge in [0, 0.05) is 35.6 Å². The summed E-state index contributed by atoms with van der Waals surface area (Å²) in [6.07, 6.45) is 0. The molecule has 0 radical (unpaired) electrons. The summed E-state index contributed by atoms with van der Waals surface area (Å²) < 4.78 is 16.7. The van der Waals surface area contributed by atoms with Crippen molar-refractivity contribution in [2.75, 3.05) is 19.8 Å². The first-order valence-electron chi connectivity index (χ1n) is 5.04. The molecular weight excluding hydrogens is 184 g/mol. The Balaban J connectivity index is 4.38. The van der Waals surface area contributed by atoms with Gasteiger partial charge < -0.3 is 14.2 Å². The molecule has 0 spiro atoms. The van der Waals surface area contributed by atoms with Crippen molar-refractivity contribution in [3.05, 3.63) is 0 Å². The van der Waals surface area contributed by atoms with Crippen LogP contribution in [0.15, 0.2) is 0 Å². The van der Waals surface area contributed by atoms with Crippen LogP contribution in [0.25, 0.3) is 0 Å². The lowest BCUT2D eigenvalue weighted by molar-refractivity contribution is -0.376. The van der Waals surface area contributed by atoms with E-state index in [4.69, 9.17) is 14.2 Å². The van der Waals surface area contributed by atoms with E-state index in [0.717, 1.165) is 10.2 Å². The molecule has 13 heavy (non-hydrogen) atoms. The lowest BCUT2D eigenvalue weighted by Gasteiger charge is -2.35. The maximum atomic E-state index is 5.56. The van der Waals surface area contributed by atoms with E-state index in [9.17, 15) is 0 Å². The summed E-state index contributed by atoms with van der Waals surface area (Å²) in [6.45, 7) is 9.81. The van der Waals surface area contributed by atoms with Crippen molar-refractivity contribution >= 4 is 10.2 Å². The molecule has 0 saturated carbocycles. The molecule has 4 heteroatoms. The van der Waals surface area contributed by atoms with Crippen molar-refractivity contribution in [2.45, 2.75) is 39.2 Å². The van der Waals surface area contributed by atoms with Crippen LogP contribution in [0.1, 0.15) is 27.7 Å². The highest BCUT2D eigenvalue weighted by Crippen LogP contribution is 2.27. The SMILES string of the molecule is CCOC(OCC)(OCC)[C@H](C)[SiH3]. The van der Waals surface area contributed by atoms with Crippen LogP contribution in [0, 0.1) is 0 Å². The quantitative estimate of drug-likeness (QED) is 0.458. The van der Waals surface area contributed by atoms with Crippen LogP contribution in [-0.2, 0) is 14.2 Å². The molecule has 0 aromatic carbocycles. The zero-order valence-corrected chi connectivity index (χ0v) is 11.4. The van der Waals surface area contributed by atoms with Gasteiger partial charge in [-0.1, -0.05) is 6.92 Å². The third-order valence-corrected chi connectivity index (χ3v) is 2.45. The Labute approximate surface area is 84.2 Å². The zero-order valence-electron chi connectivity index (χ0n) is 9.42. The smallest absolute Gasteiger partial charge is 0.282 e. The topological polar surface area (TPSA) is 27.7 Å². The highest BCUT2D eigenvalue weighted by molar-refractivity contribution is 6.11. The van der Waals surface area contributed by atoms with Crippen molar-refractivity contribution in [1.82, 2.24) is 0 Å². The van der Waals surface area contributed by atoms with Gasteiger partial charge in [-0.05, 0) is 20.8 Å². The van der Waals surface area contributed by atoms with Gasteiger partial charge in [0.1, 0.15) is 0 Å². The molecule has 0 fully saturated rings. The molecule has 0 aliphatic heterocycles. The lowest BCUT2D eigenvalue weighted by Crippen LogP contribution is -2.43. The number of rotatable bonds is 7. The molecule has 0 rings (SSSR count). The van der Waals surface area contributed by atoms with E-state index >= 15 is 0 Å². The average molecular weight is 206 g/mol. The predicted octanol–water partition coefficient (Wildman–Crippen LogP) is 0.923. The van der Waals surface area contributed by atoms with Crippen molar-refractivity contribution in [3.63, 3.8) is 0 Å². The Kier molecular flexibility index (Phi) is 6.58. The van der Waals surface area contributed by atoms with E-state index < -0.39 is 5.97 Å². The fraction of sp³-hybridized carbons (Fsp3) is 1.00. The molecule has 0 bridgehead atoms. The Hall–Kier alpha value is 0.0969. The predicted molar refractivity (Wildman–Crippen MR) is 57.0 cm³/mol. The van der Waals surface area contributed by atoms with E-state index in [1.54, 1.807) is 0 Å². The highest BCUT2D eigenvalue weighted by Gasteiger charge is 2.36. The van der Waals surface area contributed by atoms with Crippen LogP contribution in [0.4, 0.5) is 0 Å². The third-order valence-electron chi connectivity index (χ3n) is 1.74. The Morgan fingerprint density at radius 1 is 1.00 bits per heavy atom.